The van der Waals surface area contributed by atoms with Gasteiger partial charge in [0.15, 0.2) is 0 Å². The van der Waals surface area contributed by atoms with Crippen LogP contribution in [-0.2, 0) is 5.60 Å². The predicted octanol–water partition coefficient (Wildman–Crippen LogP) is 3.01. The summed E-state index contributed by atoms with van der Waals surface area (Å²) in [6, 6.07) is 5.14. The van der Waals surface area contributed by atoms with Gasteiger partial charge in [-0.3, -0.25) is 5.32 Å². The molecular formula is C17H24N4O3. The molecule has 2 heterocycles. The maximum absolute atomic E-state index is 12.2. The number of hydrogen-bond acceptors (Lipinski definition) is 4. The third kappa shape index (κ3) is 3.79. The molecule has 24 heavy (non-hydrogen) atoms. The molecule has 7 nitrogen and oxygen atoms in total. The zero-order chi connectivity index (χ0) is 17.0. The Bertz CT molecular complexity index is 657. The van der Waals surface area contributed by atoms with Gasteiger partial charge in [-0.2, -0.15) is 5.10 Å². The number of nitrogens with one attached hydrogen (secondary N) is 2. The van der Waals surface area contributed by atoms with Crippen molar-refractivity contribution in [2.75, 3.05) is 11.9 Å². The van der Waals surface area contributed by atoms with Gasteiger partial charge < -0.3 is 14.8 Å². The van der Waals surface area contributed by atoms with E-state index in [1.165, 1.54) is 25.5 Å². The summed E-state index contributed by atoms with van der Waals surface area (Å²) in [5.74, 6) is 1.09. The molecule has 3 N–H and O–H groups in total. The van der Waals surface area contributed by atoms with Crippen LogP contribution in [0.15, 0.2) is 35.1 Å². The number of nitrogens with zero attached hydrogens (tertiary/aromatic N) is 2. The monoisotopic (exact) mass is 332 g/mol. The number of aliphatic hydroxyl groups is 1. The third-order valence-electron chi connectivity index (χ3n) is 4.48. The van der Waals surface area contributed by atoms with E-state index >= 15 is 0 Å². The molecule has 2 amide bonds. The Balaban J connectivity index is 1.57. The minimum atomic E-state index is -1.26. The number of rotatable bonds is 5. The van der Waals surface area contributed by atoms with Crippen LogP contribution in [0.5, 0.6) is 0 Å². The molecule has 0 spiro atoms. The van der Waals surface area contributed by atoms with Crippen molar-refractivity contribution in [3.8, 4) is 0 Å². The first kappa shape index (κ1) is 16.6. The molecule has 0 unspecified atom stereocenters. The highest BCUT2D eigenvalue weighted by Crippen LogP contribution is 2.29. The zero-order valence-corrected chi connectivity index (χ0v) is 13.9. The molecule has 1 saturated carbocycles. The fourth-order valence-corrected chi connectivity index (χ4v) is 3.11. The van der Waals surface area contributed by atoms with E-state index in [2.05, 4.69) is 15.7 Å². The standard InChI is InChI=1S/C17H24N4O3/c1-17(23,14-8-5-11-24-14)12-18-16(22)20-15-9-10-19-21(15)13-6-3-2-4-7-13/h5,8-11,13,23H,2-4,6-7,12H2,1H3,(H2,18,20,22)/t17-/m1/s1. The van der Waals surface area contributed by atoms with Gasteiger partial charge in [0, 0.05) is 6.07 Å². The zero-order valence-electron chi connectivity index (χ0n) is 13.9. The molecule has 2 aromatic heterocycles. The lowest BCUT2D eigenvalue weighted by Gasteiger charge is -2.24. The molecule has 0 aromatic carbocycles. The van der Waals surface area contributed by atoms with Gasteiger partial charge in [0.1, 0.15) is 17.2 Å². The molecule has 1 aliphatic rings. The highest BCUT2D eigenvalue weighted by Gasteiger charge is 2.27. The van der Waals surface area contributed by atoms with Crippen LogP contribution in [0.4, 0.5) is 10.6 Å². The summed E-state index contributed by atoms with van der Waals surface area (Å²) in [4.78, 5) is 12.2. The molecule has 0 aliphatic heterocycles. The second kappa shape index (κ2) is 7.09. The van der Waals surface area contributed by atoms with Crippen molar-refractivity contribution in [3.63, 3.8) is 0 Å². The minimum absolute atomic E-state index is 0.0455. The van der Waals surface area contributed by atoms with Gasteiger partial charge in [0.2, 0.25) is 0 Å². The van der Waals surface area contributed by atoms with Gasteiger partial charge >= 0.3 is 6.03 Å². The molecule has 3 rings (SSSR count). The summed E-state index contributed by atoms with van der Waals surface area (Å²) in [5.41, 5.74) is -1.26. The Morgan fingerprint density at radius 3 is 2.92 bits per heavy atom. The van der Waals surface area contributed by atoms with E-state index in [9.17, 15) is 9.90 Å². The number of furan rings is 1. The molecule has 1 fully saturated rings. The van der Waals surface area contributed by atoms with E-state index in [0.717, 1.165) is 12.8 Å². The van der Waals surface area contributed by atoms with E-state index in [0.29, 0.717) is 17.6 Å². The quantitative estimate of drug-likeness (QED) is 0.785. The van der Waals surface area contributed by atoms with Crippen LogP contribution in [0, 0.1) is 0 Å². The van der Waals surface area contributed by atoms with Gasteiger partial charge in [-0.05, 0) is 31.9 Å². The van der Waals surface area contributed by atoms with Crippen LogP contribution >= 0.6 is 0 Å². The smallest absolute Gasteiger partial charge is 0.320 e. The summed E-state index contributed by atoms with van der Waals surface area (Å²) in [7, 11) is 0. The van der Waals surface area contributed by atoms with Crippen molar-refractivity contribution in [2.45, 2.75) is 50.7 Å². The number of hydrogen-bond donors (Lipinski definition) is 3. The lowest BCUT2D eigenvalue weighted by atomic mass is 9.96. The number of aromatic nitrogens is 2. The SMILES string of the molecule is C[C@@](O)(CNC(=O)Nc1ccnn1C1CCCCC1)c1ccco1. The Hall–Kier alpha value is -2.28. The summed E-state index contributed by atoms with van der Waals surface area (Å²) < 4.78 is 7.09. The normalized spacial score (nSPS) is 18.1. The molecule has 1 atom stereocenters. The number of carbonyl (C=O) groups is 1. The largest absolute Gasteiger partial charge is 0.466 e. The van der Waals surface area contributed by atoms with E-state index in [-0.39, 0.29) is 12.6 Å². The van der Waals surface area contributed by atoms with Crippen molar-refractivity contribution < 1.29 is 14.3 Å². The topological polar surface area (TPSA) is 92.3 Å². The van der Waals surface area contributed by atoms with Crippen LogP contribution in [0.25, 0.3) is 0 Å². The molecular weight excluding hydrogens is 308 g/mol. The number of carbonyl (C=O) groups excluding carboxylic acids is 1. The average molecular weight is 332 g/mol. The van der Waals surface area contributed by atoms with Crippen LogP contribution in [-0.4, -0.2) is 27.5 Å². The average Bonchev–Trinajstić information content (AvgIpc) is 3.26. The summed E-state index contributed by atoms with van der Waals surface area (Å²) >= 11 is 0. The summed E-state index contributed by atoms with van der Waals surface area (Å²) in [5, 5.41) is 20.2. The van der Waals surface area contributed by atoms with Gasteiger partial charge in [0.05, 0.1) is 25.0 Å². The fraction of sp³-hybridized carbons (Fsp3) is 0.529. The van der Waals surface area contributed by atoms with Crippen LogP contribution < -0.4 is 10.6 Å². The molecule has 2 aromatic rings. The predicted molar refractivity (Wildman–Crippen MR) is 89.6 cm³/mol. The second-order valence-electron chi connectivity index (χ2n) is 6.51. The van der Waals surface area contributed by atoms with E-state index in [1.807, 2.05) is 4.68 Å². The highest BCUT2D eigenvalue weighted by atomic mass is 16.4. The molecule has 0 saturated heterocycles. The first-order chi connectivity index (χ1) is 11.6. The van der Waals surface area contributed by atoms with Crippen molar-refractivity contribution in [1.29, 1.82) is 0 Å². The number of amides is 2. The lowest BCUT2D eigenvalue weighted by molar-refractivity contribution is 0.0372. The Morgan fingerprint density at radius 1 is 1.42 bits per heavy atom. The minimum Gasteiger partial charge on any atom is -0.466 e. The van der Waals surface area contributed by atoms with Crippen molar-refractivity contribution in [3.05, 3.63) is 36.4 Å². The molecule has 130 valence electrons. The van der Waals surface area contributed by atoms with E-state index < -0.39 is 5.60 Å². The fourth-order valence-electron chi connectivity index (χ4n) is 3.11. The first-order valence-corrected chi connectivity index (χ1v) is 8.41. The van der Waals surface area contributed by atoms with E-state index in [1.54, 1.807) is 31.3 Å². The highest BCUT2D eigenvalue weighted by molar-refractivity contribution is 5.88. The van der Waals surface area contributed by atoms with Crippen molar-refractivity contribution in [2.24, 2.45) is 0 Å². The molecule has 0 bridgehead atoms. The number of urea groups is 1. The third-order valence-corrected chi connectivity index (χ3v) is 4.48. The van der Waals surface area contributed by atoms with Crippen LogP contribution in [0.2, 0.25) is 0 Å². The van der Waals surface area contributed by atoms with Gasteiger partial charge in [-0.15, -0.1) is 0 Å². The van der Waals surface area contributed by atoms with Gasteiger partial charge in [-0.25, -0.2) is 9.48 Å². The van der Waals surface area contributed by atoms with E-state index in [4.69, 9.17) is 4.42 Å². The summed E-state index contributed by atoms with van der Waals surface area (Å²) in [6.07, 6.45) is 9.03. The van der Waals surface area contributed by atoms with Crippen molar-refractivity contribution >= 4 is 11.8 Å². The Kier molecular flexibility index (Phi) is 4.89. The molecule has 0 radical (unpaired) electrons. The molecule has 7 heteroatoms. The Labute approximate surface area is 141 Å². The Morgan fingerprint density at radius 2 is 2.21 bits per heavy atom. The maximum Gasteiger partial charge on any atom is 0.320 e. The maximum atomic E-state index is 12.2. The van der Waals surface area contributed by atoms with Crippen LogP contribution in [0.3, 0.4) is 0 Å². The van der Waals surface area contributed by atoms with Gasteiger partial charge in [0.25, 0.3) is 0 Å². The second-order valence-corrected chi connectivity index (χ2v) is 6.51. The number of anilines is 1. The van der Waals surface area contributed by atoms with Gasteiger partial charge in [-0.1, -0.05) is 19.3 Å². The summed E-state index contributed by atoms with van der Waals surface area (Å²) in [6.45, 7) is 1.64. The van der Waals surface area contributed by atoms with Crippen molar-refractivity contribution in [1.82, 2.24) is 15.1 Å². The lowest BCUT2D eigenvalue weighted by Crippen LogP contribution is -2.40. The first-order valence-electron chi connectivity index (χ1n) is 8.41. The van der Waals surface area contributed by atoms with Crippen LogP contribution in [0.1, 0.15) is 50.8 Å². The molecule has 1 aliphatic carbocycles.